The summed E-state index contributed by atoms with van der Waals surface area (Å²) >= 11 is 0. The van der Waals surface area contributed by atoms with Crippen LogP contribution in [0.1, 0.15) is 44.5 Å². The maximum absolute atomic E-state index is 7.17. The second-order valence-electron chi connectivity index (χ2n) is 16.6. The summed E-state index contributed by atoms with van der Waals surface area (Å²) in [6.45, 7) is 0. The van der Waals surface area contributed by atoms with Crippen LogP contribution in [0.3, 0.4) is 0 Å². The van der Waals surface area contributed by atoms with Gasteiger partial charge in [-0.1, -0.05) is 182 Å². The molecule has 1 nitrogen and oxygen atoms in total. The minimum absolute atomic E-state index is 0.499. The maximum Gasteiger partial charge on any atom is 0.140 e. The molecule has 10 aromatic carbocycles. The van der Waals surface area contributed by atoms with E-state index in [2.05, 4.69) is 206 Å². The summed E-state index contributed by atoms with van der Waals surface area (Å²) in [5.74, 6) is 1.84. The lowest BCUT2D eigenvalue weighted by Gasteiger charge is -2.40. The Morgan fingerprint density at radius 1 is 0.288 bits per heavy atom. The van der Waals surface area contributed by atoms with E-state index in [1.165, 1.54) is 105 Å². The third-order valence-corrected chi connectivity index (χ3v) is 14.1. The van der Waals surface area contributed by atoms with Crippen LogP contribution in [0, 0.1) is 0 Å². The summed E-state index contributed by atoms with van der Waals surface area (Å²) in [4.78, 5) is 0. The fourth-order valence-corrected chi connectivity index (χ4v) is 11.9. The van der Waals surface area contributed by atoms with Crippen LogP contribution in [-0.4, -0.2) is 0 Å². The molecule has 1 unspecified atom stereocenters. The molecule has 0 fully saturated rings. The Bertz CT molecular complexity index is 3450. The van der Waals surface area contributed by atoms with Crippen LogP contribution in [0.15, 0.2) is 206 Å². The van der Waals surface area contributed by atoms with Crippen molar-refractivity contribution in [2.45, 2.75) is 10.8 Å². The van der Waals surface area contributed by atoms with Crippen molar-refractivity contribution in [1.82, 2.24) is 0 Å². The predicted molar refractivity (Wildman–Crippen MR) is 241 cm³/mol. The molecule has 59 heavy (non-hydrogen) atoms. The van der Waals surface area contributed by atoms with Crippen LogP contribution in [0.2, 0.25) is 0 Å². The van der Waals surface area contributed by atoms with Gasteiger partial charge in [0.15, 0.2) is 0 Å². The lowest BCUT2D eigenvalue weighted by atomic mass is 9.65. The van der Waals surface area contributed by atoms with Gasteiger partial charge in [-0.3, -0.25) is 0 Å². The van der Waals surface area contributed by atoms with Gasteiger partial charge in [-0.15, -0.1) is 0 Å². The van der Waals surface area contributed by atoms with E-state index in [-0.39, 0.29) is 0 Å². The van der Waals surface area contributed by atoms with Gasteiger partial charge in [-0.05, 0) is 118 Å². The summed E-state index contributed by atoms with van der Waals surface area (Å²) in [7, 11) is 0. The highest BCUT2D eigenvalue weighted by Gasteiger charge is 2.54. The first-order valence-corrected chi connectivity index (χ1v) is 20.7. The molecule has 0 N–H and O–H groups in total. The Balaban J connectivity index is 1.10. The minimum Gasteiger partial charge on any atom is -0.456 e. The quantitative estimate of drug-likeness (QED) is 0.163. The number of hydrogen-bond donors (Lipinski definition) is 0. The summed E-state index contributed by atoms with van der Waals surface area (Å²) in [6, 6.07) is 77.3. The molecule has 272 valence electrons. The van der Waals surface area contributed by atoms with Gasteiger partial charge in [0.2, 0.25) is 0 Å². The molecule has 1 atom stereocenters. The van der Waals surface area contributed by atoms with E-state index in [4.69, 9.17) is 4.74 Å². The molecule has 14 rings (SSSR count). The van der Waals surface area contributed by atoms with Crippen LogP contribution in [0.25, 0.3) is 66.1 Å². The average molecular weight is 747 g/mol. The van der Waals surface area contributed by atoms with Gasteiger partial charge in [0.1, 0.15) is 11.5 Å². The van der Waals surface area contributed by atoms with Crippen molar-refractivity contribution in [2.75, 3.05) is 0 Å². The van der Waals surface area contributed by atoms with Crippen LogP contribution < -0.4 is 4.74 Å². The zero-order chi connectivity index (χ0) is 38.5. The number of rotatable bonds is 1. The number of ether oxygens (including phenoxy) is 1. The zero-order valence-electron chi connectivity index (χ0n) is 32.0. The SMILES string of the molecule is c1ccc2c(c1)-c1ccccc1C21c2cc(-c3cccc4c3C3(c5ccccc5-c5cc6ccccc6cc53)c3ccccc3-4)ccc2Oc2c1ccc1ccccc21. The lowest BCUT2D eigenvalue weighted by molar-refractivity contribution is 0.442. The van der Waals surface area contributed by atoms with Crippen molar-refractivity contribution in [2.24, 2.45) is 0 Å². The summed E-state index contributed by atoms with van der Waals surface area (Å²) in [6.07, 6.45) is 0. The van der Waals surface area contributed by atoms with Crippen LogP contribution in [-0.2, 0) is 10.8 Å². The molecule has 0 aromatic heterocycles. The van der Waals surface area contributed by atoms with Crippen molar-refractivity contribution in [1.29, 1.82) is 0 Å². The zero-order valence-corrected chi connectivity index (χ0v) is 32.0. The van der Waals surface area contributed by atoms with Crippen molar-refractivity contribution in [3.63, 3.8) is 0 Å². The Morgan fingerprint density at radius 3 is 1.51 bits per heavy atom. The van der Waals surface area contributed by atoms with Crippen LogP contribution in [0.5, 0.6) is 11.5 Å². The molecular weight excluding hydrogens is 713 g/mol. The second-order valence-corrected chi connectivity index (χ2v) is 16.6. The molecule has 0 saturated heterocycles. The fraction of sp³-hybridized carbons (Fsp3) is 0.0345. The third-order valence-electron chi connectivity index (χ3n) is 14.1. The smallest absolute Gasteiger partial charge is 0.140 e. The molecule has 10 aromatic rings. The molecule has 0 amide bonds. The van der Waals surface area contributed by atoms with Crippen LogP contribution >= 0.6 is 0 Å². The normalized spacial score (nSPS) is 16.5. The Hall–Kier alpha value is -7.48. The second kappa shape index (κ2) is 11.1. The summed E-state index contributed by atoms with van der Waals surface area (Å²) in [5, 5.41) is 4.84. The fourth-order valence-electron chi connectivity index (χ4n) is 11.9. The van der Waals surface area contributed by atoms with Gasteiger partial charge in [0.05, 0.1) is 10.8 Å². The Kier molecular flexibility index (Phi) is 5.96. The predicted octanol–water partition coefficient (Wildman–Crippen LogP) is 14.5. The molecule has 0 radical (unpaired) electrons. The third kappa shape index (κ3) is 3.73. The Labute approximate surface area is 342 Å². The van der Waals surface area contributed by atoms with E-state index in [9.17, 15) is 0 Å². The van der Waals surface area contributed by atoms with Crippen LogP contribution in [0.4, 0.5) is 0 Å². The molecule has 0 bridgehead atoms. The highest BCUT2D eigenvalue weighted by atomic mass is 16.5. The standard InChI is InChI=1S/C58H34O/c1-2-16-37-33-52-46(32-36(37)15-1)44-21-8-12-27-50(44)58(52)49-26-11-7-20-43(49)45-23-13-22-39(55(45)58)38-29-31-54-53(34-38)57(51-30-28-35-14-3-4-17-40(35)56(51)59-54)47-24-9-5-18-41(47)42-19-6-10-25-48(42)57/h1-34H. The molecule has 1 heteroatoms. The lowest BCUT2D eigenvalue weighted by Crippen LogP contribution is -2.32. The number of fused-ring (bicyclic) bond motifs is 22. The molecule has 3 aliphatic carbocycles. The molecule has 0 saturated carbocycles. The molecule has 2 spiro atoms. The van der Waals surface area contributed by atoms with Gasteiger partial charge >= 0.3 is 0 Å². The topological polar surface area (TPSA) is 9.23 Å². The average Bonchev–Trinajstić information content (AvgIpc) is 3.88. The first-order chi connectivity index (χ1) is 29.3. The first-order valence-electron chi connectivity index (χ1n) is 20.7. The van der Waals surface area contributed by atoms with E-state index in [0.29, 0.717) is 0 Å². The van der Waals surface area contributed by atoms with E-state index in [1.807, 2.05) is 0 Å². The summed E-state index contributed by atoms with van der Waals surface area (Å²) < 4.78 is 7.17. The van der Waals surface area contributed by atoms with Gasteiger partial charge in [-0.25, -0.2) is 0 Å². The van der Waals surface area contributed by atoms with Crippen molar-refractivity contribution >= 4 is 21.5 Å². The molecule has 1 heterocycles. The first kappa shape index (κ1) is 31.6. The van der Waals surface area contributed by atoms with Crippen molar-refractivity contribution in [3.8, 4) is 56.0 Å². The molecular formula is C58H34O. The van der Waals surface area contributed by atoms with Crippen molar-refractivity contribution < 1.29 is 4.74 Å². The van der Waals surface area contributed by atoms with E-state index in [0.717, 1.165) is 16.9 Å². The molecule has 4 aliphatic rings. The largest absolute Gasteiger partial charge is 0.456 e. The highest BCUT2D eigenvalue weighted by Crippen LogP contribution is 2.67. The molecule has 1 aliphatic heterocycles. The van der Waals surface area contributed by atoms with E-state index >= 15 is 0 Å². The van der Waals surface area contributed by atoms with Gasteiger partial charge < -0.3 is 4.74 Å². The van der Waals surface area contributed by atoms with E-state index < -0.39 is 10.8 Å². The van der Waals surface area contributed by atoms with Crippen molar-refractivity contribution in [3.05, 3.63) is 251 Å². The monoisotopic (exact) mass is 746 g/mol. The van der Waals surface area contributed by atoms with E-state index in [1.54, 1.807) is 0 Å². The number of hydrogen-bond acceptors (Lipinski definition) is 1. The highest BCUT2D eigenvalue weighted by molar-refractivity contribution is 6.03. The van der Waals surface area contributed by atoms with Gasteiger partial charge in [-0.2, -0.15) is 0 Å². The summed E-state index contributed by atoms with van der Waals surface area (Å²) in [5.41, 5.74) is 19.5. The Morgan fingerprint density at radius 2 is 0.814 bits per heavy atom. The number of benzene rings is 10. The van der Waals surface area contributed by atoms with Gasteiger partial charge in [0.25, 0.3) is 0 Å². The maximum atomic E-state index is 7.17. The minimum atomic E-state index is -0.583. The van der Waals surface area contributed by atoms with Gasteiger partial charge in [0, 0.05) is 16.5 Å².